The van der Waals surface area contributed by atoms with Crippen molar-refractivity contribution < 1.29 is 18.3 Å². The number of halogens is 2. The van der Waals surface area contributed by atoms with Crippen LogP contribution in [0.25, 0.3) is 11.5 Å². The van der Waals surface area contributed by atoms with E-state index in [-0.39, 0.29) is 11.7 Å². The zero-order chi connectivity index (χ0) is 15.8. The normalized spacial score (nSPS) is 11.5. The largest absolute Gasteiger partial charge is 0.463 e. The number of hydrogen-bond donors (Lipinski definition) is 0. The Morgan fingerprint density at radius 3 is 2.57 bits per heavy atom. The summed E-state index contributed by atoms with van der Waals surface area (Å²) in [7, 11) is 1.27. The SMILES string of the molecule is COC(=O)c1oc(-c2ccc(Br)c(F)c2)nc1C(C)(C)C. The molecule has 0 saturated heterocycles. The van der Waals surface area contributed by atoms with Crippen molar-refractivity contribution in [2.75, 3.05) is 7.11 Å². The number of ether oxygens (including phenoxy) is 1. The summed E-state index contributed by atoms with van der Waals surface area (Å²) in [5.74, 6) is -0.797. The fourth-order valence-corrected chi connectivity index (χ4v) is 2.06. The Bertz CT molecular complexity index is 689. The predicted molar refractivity (Wildman–Crippen MR) is 79.6 cm³/mol. The number of benzene rings is 1. The average Bonchev–Trinajstić information content (AvgIpc) is 2.86. The van der Waals surface area contributed by atoms with Gasteiger partial charge in [-0.1, -0.05) is 20.8 Å². The maximum Gasteiger partial charge on any atom is 0.376 e. The van der Waals surface area contributed by atoms with Crippen molar-refractivity contribution in [3.05, 3.63) is 39.9 Å². The molecule has 2 aromatic rings. The number of hydrogen-bond acceptors (Lipinski definition) is 4. The Kier molecular flexibility index (Phi) is 4.18. The number of carbonyl (C=O) groups is 1. The standard InChI is InChI=1S/C15H15BrFNO3/c1-15(2,3)12-11(14(19)20-4)21-13(18-12)8-5-6-9(16)10(17)7-8/h5-7H,1-4H3. The van der Waals surface area contributed by atoms with Crippen LogP contribution in [0.2, 0.25) is 0 Å². The second-order valence-corrected chi connectivity index (χ2v) is 6.42. The highest BCUT2D eigenvalue weighted by atomic mass is 79.9. The fourth-order valence-electron chi connectivity index (χ4n) is 1.81. The first-order valence-electron chi connectivity index (χ1n) is 6.29. The number of rotatable bonds is 2. The Balaban J connectivity index is 2.58. The third-order valence-electron chi connectivity index (χ3n) is 2.87. The second-order valence-electron chi connectivity index (χ2n) is 5.57. The van der Waals surface area contributed by atoms with E-state index >= 15 is 0 Å². The van der Waals surface area contributed by atoms with E-state index in [2.05, 4.69) is 20.9 Å². The number of aromatic nitrogens is 1. The van der Waals surface area contributed by atoms with Crippen molar-refractivity contribution in [3.63, 3.8) is 0 Å². The van der Waals surface area contributed by atoms with Gasteiger partial charge in [-0.15, -0.1) is 0 Å². The van der Waals surface area contributed by atoms with E-state index in [4.69, 9.17) is 9.15 Å². The monoisotopic (exact) mass is 355 g/mol. The van der Waals surface area contributed by atoms with Gasteiger partial charge in [0.05, 0.1) is 11.6 Å². The first-order valence-corrected chi connectivity index (χ1v) is 7.08. The molecular formula is C15H15BrFNO3. The van der Waals surface area contributed by atoms with Gasteiger partial charge in [-0.25, -0.2) is 14.2 Å². The van der Waals surface area contributed by atoms with Crippen molar-refractivity contribution in [2.24, 2.45) is 0 Å². The summed E-state index contributed by atoms with van der Waals surface area (Å²) >= 11 is 3.09. The molecule has 2 rings (SSSR count). The highest BCUT2D eigenvalue weighted by Crippen LogP contribution is 2.31. The maximum atomic E-state index is 13.6. The summed E-state index contributed by atoms with van der Waals surface area (Å²) in [5, 5.41) is 0. The van der Waals surface area contributed by atoms with Gasteiger partial charge in [0.2, 0.25) is 11.7 Å². The number of methoxy groups -OCH3 is 1. The molecule has 0 spiro atoms. The molecule has 1 heterocycles. The van der Waals surface area contributed by atoms with Crippen LogP contribution in [-0.4, -0.2) is 18.1 Å². The molecule has 1 aromatic carbocycles. The van der Waals surface area contributed by atoms with E-state index in [1.165, 1.54) is 13.2 Å². The van der Waals surface area contributed by atoms with Crippen LogP contribution in [0.1, 0.15) is 37.0 Å². The Hall–Kier alpha value is -1.69. The molecule has 1 aromatic heterocycles. The first-order chi connectivity index (χ1) is 9.74. The lowest BCUT2D eigenvalue weighted by molar-refractivity contribution is 0.0562. The average molecular weight is 356 g/mol. The highest BCUT2D eigenvalue weighted by Gasteiger charge is 2.30. The topological polar surface area (TPSA) is 52.3 Å². The van der Waals surface area contributed by atoms with Crippen molar-refractivity contribution in [1.29, 1.82) is 0 Å². The lowest BCUT2D eigenvalue weighted by Gasteiger charge is -2.15. The third kappa shape index (κ3) is 3.15. The highest BCUT2D eigenvalue weighted by molar-refractivity contribution is 9.10. The predicted octanol–water partition coefficient (Wildman–Crippen LogP) is 4.33. The second kappa shape index (κ2) is 5.60. The molecular weight excluding hydrogens is 341 g/mol. The van der Waals surface area contributed by atoms with Crippen molar-refractivity contribution in [1.82, 2.24) is 4.98 Å². The molecule has 0 unspecified atom stereocenters. The summed E-state index contributed by atoms with van der Waals surface area (Å²) in [4.78, 5) is 16.2. The molecule has 6 heteroatoms. The van der Waals surface area contributed by atoms with Gasteiger partial charge in [0, 0.05) is 11.0 Å². The Morgan fingerprint density at radius 2 is 2.05 bits per heavy atom. The van der Waals surface area contributed by atoms with E-state index in [9.17, 15) is 9.18 Å². The van der Waals surface area contributed by atoms with Crippen molar-refractivity contribution in [2.45, 2.75) is 26.2 Å². The third-order valence-corrected chi connectivity index (χ3v) is 3.52. The van der Waals surface area contributed by atoms with Crippen LogP contribution in [0.3, 0.4) is 0 Å². The van der Waals surface area contributed by atoms with Gasteiger partial charge in [-0.05, 0) is 34.1 Å². The summed E-state index contributed by atoms with van der Waals surface area (Å²) in [6.07, 6.45) is 0. The maximum absolute atomic E-state index is 13.6. The van der Waals surface area contributed by atoms with E-state index in [1.807, 2.05) is 20.8 Å². The van der Waals surface area contributed by atoms with Crippen LogP contribution in [0.4, 0.5) is 4.39 Å². The fraction of sp³-hybridized carbons (Fsp3) is 0.333. The van der Waals surface area contributed by atoms with Crippen LogP contribution in [0.15, 0.2) is 27.1 Å². The number of oxazole rings is 1. The van der Waals surface area contributed by atoms with Gasteiger partial charge in [-0.2, -0.15) is 0 Å². The van der Waals surface area contributed by atoms with Crippen LogP contribution < -0.4 is 0 Å². The summed E-state index contributed by atoms with van der Waals surface area (Å²) in [6, 6.07) is 4.51. The molecule has 0 N–H and O–H groups in total. The summed E-state index contributed by atoms with van der Waals surface area (Å²) in [6.45, 7) is 5.72. The van der Waals surface area contributed by atoms with Gasteiger partial charge in [0.1, 0.15) is 11.5 Å². The molecule has 0 atom stereocenters. The summed E-state index contributed by atoms with van der Waals surface area (Å²) in [5.41, 5.74) is 0.531. The Labute approximate surface area is 130 Å². The van der Waals surface area contributed by atoms with E-state index < -0.39 is 17.2 Å². The molecule has 0 fully saturated rings. The molecule has 21 heavy (non-hydrogen) atoms. The van der Waals surface area contributed by atoms with Crippen LogP contribution in [0.5, 0.6) is 0 Å². The number of nitrogens with zero attached hydrogens (tertiary/aromatic N) is 1. The minimum Gasteiger partial charge on any atom is -0.463 e. The van der Waals surface area contributed by atoms with Gasteiger partial charge in [-0.3, -0.25) is 0 Å². The molecule has 0 saturated carbocycles. The molecule has 0 amide bonds. The molecule has 0 aliphatic carbocycles. The first kappa shape index (κ1) is 15.7. The zero-order valence-corrected chi connectivity index (χ0v) is 13.7. The zero-order valence-electron chi connectivity index (χ0n) is 12.2. The van der Waals surface area contributed by atoms with Crippen molar-refractivity contribution >= 4 is 21.9 Å². The smallest absolute Gasteiger partial charge is 0.376 e. The summed E-state index contributed by atoms with van der Waals surface area (Å²) < 4.78 is 24.2. The molecule has 0 aliphatic heterocycles. The van der Waals surface area contributed by atoms with E-state index in [0.717, 1.165) is 0 Å². The molecule has 0 radical (unpaired) electrons. The quantitative estimate of drug-likeness (QED) is 0.752. The van der Waals surface area contributed by atoms with Crippen LogP contribution >= 0.6 is 15.9 Å². The van der Waals surface area contributed by atoms with Gasteiger partial charge in [0.15, 0.2) is 0 Å². The molecule has 112 valence electrons. The van der Waals surface area contributed by atoms with Gasteiger partial charge in [0.25, 0.3) is 0 Å². The van der Waals surface area contributed by atoms with Crippen molar-refractivity contribution in [3.8, 4) is 11.5 Å². The van der Waals surface area contributed by atoms with Gasteiger partial charge >= 0.3 is 5.97 Å². The number of esters is 1. The van der Waals surface area contributed by atoms with Crippen LogP contribution in [-0.2, 0) is 10.2 Å². The lowest BCUT2D eigenvalue weighted by atomic mass is 9.91. The molecule has 0 bridgehead atoms. The Morgan fingerprint density at radius 1 is 1.38 bits per heavy atom. The lowest BCUT2D eigenvalue weighted by Crippen LogP contribution is -2.17. The van der Waals surface area contributed by atoms with Gasteiger partial charge < -0.3 is 9.15 Å². The minimum atomic E-state index is -0.601. The molecule has 4 nitrogen and oxygen atoms in total. The number of carbonyl (C=O) groups excluding carboxylic acids is 1. The molecule has 0 aliphatic rings. The van der Waals surface area contributed by atoms with E-state index in [0.29, 0.717) is 15.7 Å². The van der Waals surface area contributed by atoms with Crippen LogP contribution in [0, 0.1) is 5.82 Å². The van der Waals surface area contributed by atoms with E-state index in [1.54, 1.807) is 12.1 Å². The minimum absolute atomic E-state index is 0.0447.